The molecule has 0 aliphatic carbocycles. The van der Waals surface area contributed by atoms with Crippen molar-refractivity contribution in [1.82, 2.24) is 4.90 Å². The number of nitrogens with zero attached hydrogens (tertiary/aromatic N) is 1. The fourth-order valence-corrected chi connectivity index (χ4v) is 2.17. The average Bonchev–Trinajstić information content (AvgIpc) is 2.25. The van der Waals surface area contributed by atoms with Crippen LogP contribution in [-0.4, -0.2) is 70.4 Å². The van der Waals surface area contributed by atoms with Crippen molar-refractivity contribution in [2.24, 2.45) is 5.73 Å². The van der Waals surface area contributed by atoms with Crippen molar-refractivity contribution in [3.05, 3.63) is 0 Å². The highest BCUT2D eigenvalue weighted by atomic mass is 19.4. The van der Waals surface area contributed by atoms with Gasteiger partial charge in [0, 0.05) is 19.0 Å². The minimum absolute atomic E-state index is 0.0716. The highest BCUT2D eigenvalue weighted by molar-refractivity contribution is 4.95. The van der Waals surface area contributed by atoms with E-state index in [0.29, 0.717) is 0 Å². The van der Waals surface area contributed by atoms with Gasteiger partial charge in [-0.15, -0.1) is 0 Å². The first kappa shape index (κ1) is 15.6. The lowest BCUT2D eigenvalue weighted by Gasteiger charge is -2.43. The Labute approximate surface area is 103 Å². The molecule has 0 radical (unpaired) electrons. The minimum Gasteiger partial charge on any atom is -0.395 e. The van der Waals surface area contributed by atoms with Crippen LogP contribution in [0.1, 0.15) is 12.8 Å². The first-order valence-corrected chi connectivity index (χ1v) is 5.79. The zero-order valence-electron chi connectivity index (χ0n) is 9.85. The Kier molecular flexibility index (Phi) is 5.35. The topological polar surface area (TPSA) is 90.0 Å². The molecule has 108 valence electrons. The van der Waals surface area contributed by atoms with E-state index in [1.54, 1.807) is 0 Å². The summed E-state index contributed by atoms with van der Waals surface area (Å²) in [4.78, 5) is 1.49. The monoisotopic (exact) mass is 272 g/mol. The van der Waals surface area contributed by atoms with Crippen molar-refractivity contribution in [2.45, 2.75) is 43.3 Å². The summed E-state index contributed by atoms with van der Waals surface area (Å²) in [6.45, 7) is -0.208. The first-order valence-electron chi connectivity index (χ1n) is 5.79. The van der Waals surface area contributed by atoms with Crippen LogP contribution >= 0.6 is 0 Å². The molecule has 1 heterocycles. The predicted molar refractivity (Wildman–Crippen MR) is 57.7 cm³/mol. The molecule has 0 aromatic heterocycles. The van der Waals surface area contributed by atoms with Gasteiger partial charge in [0.25, 0.3) is 0 Å². The van der Waals surface area contributed by atoms with Gasteiger partial charge in [0.05, 0.1) is 24.9 Å². The Morgan fingerprint density at radius 3 is 2.33 bits per heavy atom. The van der Waals surface area contributed by atoms with Gasteiger partial charge in [0.2, 0.25) is 0 Å². The average molecular weight is 272 g/mol. The number of aliphatic hydroxyl groups excluding tert-OH is 3. The minimum atomic E-state index is -4.22. The Morgan fingerprint density at radius 2 is 1.83 bits per heavy atom. The summed E-state index contributed by atoms with van der Waals surface area (Å²) in [5.74, 6) is 0. The third-order valence-electron chi connectivity index (χ3n) is 3.19. The predicted octanol–water partition coefficient (Wildman–Crippen LogP) is -0.946. The van der Waals surface area contributed by atoms with Gasteiger partial charge in [-0.25, -0.2) is 0 Å². The molecule has 1 fully saturated rings. The number of piperidine rings is 1. The Hall–Kier alpha value is -0.410. The summed E-state index contributed by atoms with van der Waals surface area (Å²) in [6.07, 6.45) is -7.68. The third-order valence-corrected chi connectivity index (χ3v) is 3.19. The second-order valence-electron chi connectivity index (χ2n) is 4.61. The summed E-state index contributed by atoms with van der Waals surface area (Å²) in [5, 5.41) is 28.3. The molecule has 5 N–H and O–H groups in total. The molecule has 0 aromatic rings. The third kappa shape index (κ3) is 4.06. The van der Waals surface area contributed by atoms with Gasteiger partial charge in [-0.05, 0) is 13.0 Å². The van der Waals surface area contributed by atoms with Crippen molar-refractivity contribution < 1.29 is 28.5 Å². The molecule has 0 spiro atoms. The van der Waals surface area contributed by atoms with Gasteiger partial charge in [-0.2, -0.15) is 13.2 Å². The van der Waals surface area contributed by atoms with Gasteiger partial charge >= 0.3 is 6.18 Å². The van der Waals surface area contributed by atoms with Gasteiger partial charge < -0.3 is 21.1 Å². The summed E-state index contributed by atoms with van der Waals surface area (Å²) in [7, 11) is 0. The number of alkyl halides is 3. The number of aliphatic hydroxyl groups is 3. The number of halogens is 3. The van der Waals surface area contributed by atoms with E-state index in [-0.39, 0.29) is 19.5 Å². The van der Waals surface area contributed by atoms with Crippen molar-refractivity contribution in [1.29, 1.82) is 0 Å². The highest BCUT2D eigenvalue weighted by Crippen LogP contribution is 2.23. The summed E-state index contributed by atoms with van der Waals surface area (Å²) >= 11 is 0. The summed E-state index contributed by atoms with van der Waals surface area (Å²) in [6, 6.07) is -1.50. The Morgan fingerprint density at radius 1 is 1.22 bits per heavy atom. The fourth-order valence-electron chi connectivity index (χ4n) is 2.17. The normalized spacial score (nSPS) is 34.8. The van der Waals surface area contributed by atoms with E-state index in [1.165, 1.54) is 4.90 Å². The van der Waals surface area contributed by atoms with Crippen LogP contribution in [0, 0.1) is 0 Å². The SMILES string of the molecule is N[C@H]1CN(CCCC(F)(F)F)C(CO)[C@@H](O)[C@@H]1O. The largest absolute Gasteiger partial charge is 0.395 e. The molecule has 4 atom stereocenters. The second-order valence-corrected chi connectivity index (χ2v) is 4.61. The number of likely N-dealkylation sites (tertiary alicyclic amines) is 1. The number of hydrogen-bond acceptors (Lipinski definition) is 5. The molecule has 18 heavy (non-hydrogen) atoms. The fraction of sp³-hybridized carbons (Fsp3) is 1.00. The quantitative estimate of drug-likeness (QED) is 0.530. The van der Waals surface area contributed by atoms with Crippen molar-refractivity contribution in [3.8, 4) is 0 Å². The maximum absolute atomic E-state index is 12.0. The van der Waals surface area contributed by atoms with Crippen LogP contribution in [0.4, 0.5) is 13.2 Å². The van der Waals surface area contributed by atoms with E-state index in [2.05, 4.69) is 0 Å². The van der Waals surface area contributed by atoms with Crippen LogP contribution in [0.3, 0.4) is 0 Å². The zero-order valence-corrected chi connectivity index (χ0v) is 9.85. The van der Waals surface area contributed by atoms with E-state index in [0.717, 1.165) is 0 Å². The molecule has 8 heteroatoms. The summed E-state index contributed by atoms with van der Waals surface area (Å²) in [5.41, 5.74) is 5.58. The molecule has 0 bridgehead atoms. The maximum Gasteiger partial charge on any atom is 0.389 e. The zero-order chi connectivity index (χ0) is 13.9. The van der Waals surface area contributed by atoms with Crippen LogP contribution in [-0.2, 0) is 0 Å². The van der Waals surface area contributed by atoms with Gasteiger partial charge in [-0.1, -0.05) is 0 Å². The van der Waals surface area contributed by atoms with E-state index < -0.39 is 43.5 Å². The summed E-state index contributed by atoms with van der Waals surface area (Å²) < 4.78 is 36.1. The van der Waals surface area contributed by atoms with E-state index in [4.69, 9.17) is 10.8 Å². The standard InChI is InChI=1S/C10H19F3N2O3/c11-10(12,13)2-1-3-15-4-6(14)8(17)9(18)7(15)5-16/h6-9,16-18H,1-5,14H2/t6-,7?,8+,9+/m0/s1. The van der Waals surface area contributed by atoms with Gasteiger partial charge in [-0.3, -0.25) is 4.90 Å². The molecule has 1 aliphatic heterocycles. The van der Waals surface area contributed by atoms with Crippen LogP contribution in [0.25, 0.3) is 0 Å². The molecule has 0 saturated carbocycles. The number of hydrogen-bond donors (Lipinski definition) is 4. The van der Waals surface area contributed by atoms with Gasteiger partial charge in [0.1, 0.15) is 0 Å². The Bertz CT molecular complexity index is 265. The molecule has 1 aliphatic rings. The van der Waals surface area contributed by atoms with Crippen molar-refractivity contribution in [2.75, 3.05) is 19.7 Å². The molecule has 1 unspecified atom stereocenters. The van der Waals surface area contributed by atoms with E-state index in [1.807, 2.05) is 0 Å². The molecule has 0 amide bonds. The lowest BCUT2D eigenvalue weighted by atomic mass is 9.93. The van der Waals surface area contributed by atoms with Crippen molar-refractivity contribution >= 4 is 0 Å². The molecule has 1 rings (SSSR count). The lowest BCUT2D eigenvalue weighted by Crippen LogP contribution is -2.65. The van der Waals surface area contributed by atoms with Gasteiger partial charge in [0.15, 0.2) is 0 Å². The van der Waals surface area contributed by atoms with Crippen LogP contribution in [0.2, 0.25) is 0 Å². The maximum atomic E-state index is 12.0. The molecular formula is C10H19F3N2O3. The van der Waals surface area contributed by atoms with E-state index >= 15 is 0 Å². The Balaban J connectivity index is 2.52. The molecular weight excluding hydrogens is 253 g/mol. The first-order chi connectivity index (χ1) is 8.26. The van der Waals surface area contributed by atoms with Crippen LogP contribution in [0.15, 0.2) is 0 Å². The number of rotatable bonds is 4. The number of nitrogens with two attached hydrogens (primary N) is 1. The lowest BCUT2D eigenvalue weighted by molar-refractivity contribution is -0.139. The molecule has 1 saturated heterocycles. The smallest absolute Gasteiger partial charge is 0.389 e. The second kappa shape index (κ2) is 6.16. The van der Waals surface area contributed by atoms with Crippen LogP contribution < -0.4 is 5.73 Å². The van der Waals surface area contributed by atoms with Crippen molar-refractivity contribution in [3.63, 3.8) is 0 Å². The van der Waals surface area contributed by atoms with E-state index in [9.17, 15) is 23.4 Å². The van der Waals surface area contributed by atoms with Crippen LogP contribution in [0.5, 0.6) is 0 Å². The molecule has 5 nitrogen and oxygen atoms in total. The molecule has 0 aromatic carbocycles. The highest BCUT2D eigenvalue weighted by Gasteiger charge is 2.40.